The minimum atomic E-state index is 0.411. The standard InChI is InChI=1S/C14H21N3/c1-9(2)8-10(3)13-14(15)17-11(4)6-5-7-12(17)16-13/h5-7,9-10H,8,15H2,1-4H3. The number of hydrogen-bond donors (Lipinski definition) is 1. The van der Waals surface area contributed by atoms with Gasteiger partial charge in [-0.25, -0.2) is 4.98 Å². The van der Waals surface area contributed by atoms with Gasteiger partial charge in [-0.15, -0.1) is 0 Å². The number of nitrogen functional groups attached to an aromatic ring is 1. The number of fused-ring (bicyclic) bond motifs is 1. The lowest BCUT2D eigenvalue weighted by Crippen LogP contribution is -2.04. The number of anilines is 1. The Labute approximate surface area is 103 Å². The summed E-state index contributed by atoms with van der Waals surface area (Å²) < 4.78 is 2.03. The van der Waals surface area contributed by atoms with E-state index in [0.29, 0.717) is 11.8 Å². The molecule has 2 heterocycles. The zero-order chi connectivity index (χ0) is 12.6. The summed E-state index contributed by atoms with van der Waals surface area (Å²) in [6.45, 7) is 8.72. The lowest BCUT2D eigenvalue weighted by atomic mass is 9.96. The number of aromatic nitrogens is 2. The smallest absolute Gasteiger partial charge is 0.138 e. The van der Waals surface area contributed by atoms with Crippen molar-refractivity contribution >= 4 is 11.5 Å². The van der Waals surface area contributed by atoms with E-state index < -0.39 is 0 Å². The molecule has 0 saturated carbocycles. The van der Waals surface area contributed by atoms with E-state index in [1.165, 1.54) is 0 Å². The van der Waals surface area contributed by atoms with Crippen LogP contribution in [0.5, 0.6) is 0 Å². The first-order chi connectivity index (χ1) is 8.00. The predicted molar refractivity (Wildman–Crippen MR) is 72.2 cm³/mol. The highest BCUT2D eigenvalue weighted by Crippen LogP contribution is 2.28. The number of rotatable bonds is 3. The van der Waals surface area contributed by atoms with Gasteiger partial charge in [0, 0.05) is 11.6 Å². The van der Waals surface area contributed by atoms with Crippen LogP contribution < -0.4 is 5.73 Å². The van der Waals surface area contributed by atoms with Crippen LogP contribution in [0.25, 0.3) is 5.65 Å². The zero-order valence-electron chi connectivity index (χ0n) is 11.1. The van der Waals surface area contributed by atoms with Crippen LogP contribution in [0.2, 0.25) is 0 Å². The van der Waals surface area contributed by atoms with E-state index in [-0.39, 0.29) is 0 Å². The van der Waals surface area contributed by atoms with Gasteiger partial charge in [0.2, 0.25) is 0 Å². The summed E-state index contributed by atoms with van der Waals surface area (Å²) >= 11 is 0. The van der Waals surface area contributed by atoms with Crippen molar-refractivity contribution in [1.29, 1.82) is 0 Å². The van der Waals surface area contributed by atoms with Gasteiger partial charge in [-0.05, 0) is 31.4 Å². The topological polar surface area (TPSA) is 43.3 Å². The highest BCUT2D eigenvalue weighted by molar-refractivity contribution is 5.55. The fourth-order valence-electron chi connectivity index (χ4n) is 2.48. The van der Waals surface area contributed by atoms with Crippen LogP contribution in [0, 0.1) is 12.8 Å². The second kappa shape index (κ2) is 4.40. The second-order valence-electron chi connectivity index (χ2n) is 5.27. The minimum absolute atomic E-state index is 0.411. The average Bonchev–Trinajstić information content (AvgIpc) is 2.56. The van der Waals surface area contributed by atoms with Crippen molar-refractivity contribution in [3.63, 3.8) is 0 Å². The Balaban J connectivity index is 2.49. The third-order valence-corrected chi connectivity index (χ3v) is 3.19. The number of aryl methyl sites for hydroxylation is 1. The Hall–Kier alpha value is -1.51. The number of nitrogens with zero attached hydrogens (tertiary/aromatic N) is 2. The van der Waals surface area contributed by atoms with Gasteiger partial charge in [0.05, 0.1) is 5.69 Å². The van der Waals surface area contributed by atoms with E-state index in [1.807, 2.05) is 16.5 Å². The Morgan fingerprint density at radius 2 is 2.00 bits per heavy atom. The van der Waals surface area contributed by atoms with E-state index in [2.05, 4.69) is 38.7 Å². The predicted octanol–water partition coefficient (Wildman–Crippen LogP) is 3.37. The van der Waals surface area contributed by atoms with Crippen LogP contribution in [0.3, 0.4) is 0 Å². The first-order valence-corrected chi connectivity index (χ1v) is 6.24. The molecule has 0 bridgehead atoms. The summed E-state index contributed by atoms with van der Waals surface area (Å²) in [4.78, 5) is 4.66. The molecule has 0 aliphatic carbocycles. The lowest BCUT2D eigenvalue weighted by Gasteiger charge is -2.12. The van der Waals surface area contributed by atoms with Crippen molar-refractivity contribution in [2.45, 2.75) is 40.0 Å². The Morgan fingerprint density at radius 1 is 1.29 bits per heavy atom. The molecule has 1 atom stereocenters. The lowest BCUT2D eigenvalue weighted by molar-refractivity contribution is 0.518. The van der Waals surface area contributed by atoms with Crippen molar-refractivity contribution in [2.75, 3.05) is 5.73 Å². The SMILES string of the molecule is Cc1cccc2nc(C(C)CC(C)C)c(N)n12. The fourth-order valence-corrected chi connectivity index (χ4v) is 2.48. The molecule has 2 aromatic heterocycles. The fraction of sp³-hybridized carbons (Fsp3) is 0.500. The Bertz CT molecular complexity index is 525. The molecule has 0 amide bonds. The molecule has 2 rings (SSSR count). The van der Waals surface area contributed by atoms with Crippen molar-refractivity contribution in [3.05, 3.63) is 29.6 Å². The highest BCUT2D eigenvalue weighted by atomic mass is 15.1. The monoisotopic (exact) mass is 231 g/mol. The first kappa shape index (κ1) is 12.0. The van der Waals surface area contributed by atoms with Crippen LogP contribution in [0.15, 0.2) is 18.2 Å². The van der Waals surface area contributed by atoms with E-state index in [0.717, 1.165) is 29.3 Å². The van der Waals surface area contributed by atoms with Crippen LogP contribution in [0.1, 0.15) is 44.5 Å². The molecule has 0 aliphatic heterocycles. The van der Waals surface area contributed by atoms with Gasteiger partial charge in [-0.3, -0.25) is 4.40 Å². The van der Waals surface area contributed by atoms with Crippen molar-refractivity contribution in [1.82, 2.24) is 9.38 Å². The molecule has 0 spiro atoms. The van der Waals surface area contributed by atoms with Crippen molar-refractivity contribution in [2.24, 2.45) is 5.92 Å². The molecule has 17 heavy (non-hydrogen) atoms. The molecule has 0 radical (unpaired) electrons. The summed E-state index contributed by atoms with van der Waals surface area (Å²) in [5.41, 5.74) is 9.34. The maximum atomic E-state index is 6.22. The third-order valence-electron chi connectivity index (χ3n) is 3.19. The van der Waals surface area contributed by atoms with Gasteiger partial charge in [0.15, 0.2) is 0 Å². The molecule has 3 heteroatoms. The van der Waals surface area contributed by atoms with Gasteiger partial charge in [0.1, 0.15) is 11.5 Å². The first-order valence-electron chi connectivity index (χ1n) is 6.24. The van der Waals surface area contributed by atoms with E-state index in [9.17, 15) is 0 Å². The maximum absolute atomic E-state index is 6.22. The summed E-state index contributed by atoms with van der Waals surface area (Å²) in [6, 6.07) is 6.09. The summed E-state index contributed by atoms with van der Waals surface area (Å²) in [7, 11) is 0. The van der Waals surface area contributed by atoms with Gasteiger partial charge in [-0.2, -0.15) is 0 Å². The molecule has 0 fully saturated rings. The number of nitrogens with two attached hydrogens (primary N) is 1. The molecule has 2 N–H and O–H groups in total. The van der Waals surface area contributed by atoms with E-state index >= 15 is 0 Å². The molecule has 0 saturated heterocycles. The van der Waals surface area contributed by atoms with Crippen LogP contribution >= 0.6 is 0 Å². The zero-order valence-corrected chi connectivity index (χ0v) is 11.1. The van der Waals surface area contributed by atoms with Crippen LogP contribution in [0.4, 0.5) is 5.82 Å². The molecule has 1 unspecified atom stereocenters. The minimum Gasteiger partial charge on any atom is -0.383 e. The molecule has 0 aromatic carbocycles. The Morgan fingerprint density at radius 3 is 2.59 bits per heavy atom. The van der Waals surface area contributed by atoms with Gasteiger partial charge in [0.25, 0.3) is 0 Å². The largest absolute Gasteiger partial charge is 0.383 e. The number of imidazole rings is 1. The van der Waals surface area contributed by atoms with Crippen molar-refractivity contribution < 1.29 is 0 Å². The highest BCUT2D eigenvalue weighted by Gasteiger charge is 2.17. The van der Waals surface area contributed by atoms with Gasteiger partial charge >= 0.3 is 0 Å². The summed E-state index contributed by atoms with van der Waals surface area (Å²) in [6.07, 6.45) is 1.12. The molecular formula is C14H21N3. The third kappa shape index (κ3) is 2.14. The quantitative estimate of drug-likeness (QED) is 0.880. The molecule has 2 aromatic rings. The molecule has 0 aliphatic rings. The van der Waals surface area contributed by atoms with E-state index in [1.54, 1.807) is 0 Å². The van der Waals surface area contributed by atoms with E-state index in [4.69, 9.17) is 5.73 Å². The molecule has 92 valence electrons. The van der Waals surface area contributed by atoms with Gasteiger partial charge in [-0.1, -0.05) is 26.8 Å². The Kier molecular flexibility index (Phi) is 3.09. The summed E-state index contributed by atoms with van der Waals surface area (Å²) in [5.74, 6) is 1.87. The number of pyridine rings is 1. The average molecular weight is 231 g/mol. The number of hydrogen-bond acceptors (Lipinski definition) is 2. The second-order valence-corrected chi connectivity index (χ2v) is 5.27. The molecular weight excluding hydrogens is 210 g/mol. The van der Waals surface area contributed by atoms with Gasteiger partial charge < -0.3 is 5.73 Å². The summed E-state index contributed by atoms with van der Waals surface area (Å²) in [5, 5.41) is 0. The molecule has 3 nitrogen and oxygen atoms in total. The normalized spacial score (nSPS) is 13.5. The van der Waals surface area contributed by atoms with Crippen molar-refractivity contribution in [3.8, 4) is 0 Å². The van der Waals surface area contributed by atoms with Crippen LogP contribution in [-0.2, 0) is 0 Å². The maximum Gasteiger partial charge on any atom is 0.138 e. The van der Waals surface area contributed by atoms with Crippen LogP contribution in [-0.4, -0.2) is 9.38 Å².